The number of carbonyl (C=O) groups is 2. The van der Waals surface area contributed by atoms with Gasteiger partial charge in [0.1, 0.15) is 12.4 Å². The number of hydrogen-bond donors (Lipinski definition) is 1. The minimum absolute atomic E-state index is 0.0327. The van der Waals surface area contributed by atoms with E-state index in [4.69, 9.17) is 5.10 Å². The highest BCUT2D eigenvalue weighted by Crippen LogP contribution is 2.24. The van der Waals surface area contributed by atoms with E-state index < -0.39 is 0 Å². The van der Waals surface area contributed by atoms with Gasteiger partial charge in [-0.15, -0.1) is 0 Å². The summed E-state index contributed by atoms with van der Waals surface area (Å²) in [6, 6.07) is 29.0. The van der Waals surface area contributed by atoms with Gasteiger partial charge in [-0.05, 0) is 42.7 Å². The smallest absolute Gasteiger partial charge is 0.254 e. The number of nitrogens with zero attached hydrogens (tertiary/aromatic N) is 3. The molecule has 0 saturated carbocycles. The molecule has 0 saturated heterocycles. The van der Waals surface area contributed by atoms with Crippen LogP contribution in [-0.2, 0) is 11.2 Å². The average molecular weight is 481 g/mol. The molecule has 4 aromatic rings. The summed E-state index contributed by atoms with van der Waals surface area (Å²) in [7, 11) is 0. The van der Waals surface area contributed by atoms with E-state index in [1.807, 2.05) is 91.0 Å². The number of carbonyl (C=O) groups excluding carboxylic acids is 2. The van der Waals surface area contributed by atoms with Crippen molar-refractivity contribution in [2.45, 2.75) is 33.1 Å². The highest BCUT2D eigenvalue weighted by molar-refractivity contribution is 5.99. The topological polar surface area (TPSA) is 67.2 Å². The van der Waals surface area contributed by atoms with E-state index >= 15 is 0 Å². The van der Waals surface area contributed by atoms with Crippen LogP contribution >= 0.6 is 0 Å². The Morgan fingerprint density at radius 2 is 1.56 bits per heavy atom. The predicted octanol–water partition coefficient (Wildman–Crippen LogP) is 5.98. The molecule has 0 spiro atoms. The molecule has 2 amide bonds. The molecule has 184 valence electrons. The molecular weight excluding hydrogens is 448 g/mol. The molecule has 6 nitrogen and oxygen atoms in total. The first kappa shape index (κ1) is 24.9. The van der Waals surface area contributed by atoms with E-state index in [1.54, 1.807) is 9.58 Å². The Bertz CT molecular complexity index is 1280. The molecule has 0 radical (unpaired) electrons. The summed E-state index contributed by atoms with van der Waals surface area (Å²) in [5, 5.41) is 7.75. The quantitative estimate of drug-likeness (QED) is 0.303. The van der Waals surface area contributed by atoms with Crippen molar-refractivity contribution in [2.24, 2.45) is 0 Å². The molecule has 3 aromatic carbocycles. The molecule has 0 aliphatic carbocycles. The molecule has 0 bridgehead atoms. The Morgan fingerprint density at radius 3 is 2.19 bits per heavy atom. The van der Waals surface area contributed by atoms with Crippen LogP contribution in [0, 0.1) is 0 Å². The molecule has 36 heavy (non-hydrogen) atoms. The molecule has 6 heteroatoms. The van der Waals surface area contributed by atoms with Gasteiger partial charge in [0, 0.05) is 23.7 Å². The van der Waals surface area contributed by atoms with Crippen LogP contribution in [0.15, 0.2) is 91.0 Å². The summed E-state index contributed by atoms with van der Waals surface area (Å²) in [4.78, 5) is 28.1. The molecule has 0 aliphatic rings. The molecule has 1 aromatic heterocycles. The van der Waals surface area contributed by atoms with Gasteiger partial charge in [-0.2, -0.15) is 5.10 Å². The van der Waals surface area contributed by atoms with Gasteiger partial charge in [-0.1, -0.05) is 80.9 Å². The second-order valence-electron chi connectivity index (χ2n) is 8.71. The molecule has 0 aliphatic heterocycles. The lowest BCUT2D eigenvalue weighted by molar-refractivity contribution is -0.116. The molecule has 0 unspecified atom stereocenters. The Morgan fingerprint density at radius 1 is 0.889 bits per heavy atom. The first-order valence-electron chi connectivity index (χ1n) is 12.5. The van der Waals surface area contributed by atoms with E-state index in [2.05, 4.69) is 19.2 Å². The number of aromatic nitrogens is 2. The average Bonchev–Trinajstić information content (AvgIpc) is 3.35. The third kappa shape index (κ3) is 6.08. The van der Waals surface area contributed by atoms with Crippen LogP contribution in [0.5, 0.6) is 0 Å². The normalized spacial score (nSPS) is 10.7. The van der Waals surface area contributed by atoms with Crippen molar-refractivity contribution >= 4 is 17.6 Å². The van der Waals surface area contributed by atoms with Gasteiger partial charge in [0.05, 0.1) is 11.4 Å². The highest BCUT2D eigenvalue weighted by Gasteiger charge is 2.20. The van der Waals surface area contributed by atoms with Gasteiger partial charge < -0.3 is 10.2 Å². The molecule has 4 rings (SSSR count). The van der Waals surface area contributed by atoms with E-state index in [0.29, 0.717) is 17.9 Å². The van der Waals surface area contributed by atoms with Crippen LogP contribution < -0.4 is 5.32 Å². The zero-order valence-corrected chi connectivity index (χ0v) is 20.9. The van der Waals surface area contributed by atoms with Crippen LogP contribution in [0.3, 0.4) is 0 Å². The summed E-state index contributed by atoms with van der Waals surface area (Å²) in [6.45, 7) is 4.64. The minimum atomic E-state index is -0.263. The van der Waals surface area contributed by atoms with Crippen LogP contribution in [0.25, 0.3) is 16.9 Å². The second-order valence-corrected chi connectivity index (χ2v) is 8.71. The molecule has 1 heterocycles. The Hall–Kier alpha value is -4.19. The molecule has 1 N–H and O–H groups in total. The van der Waals surface area contributed by atoms with Crippen LogP contribution in [0.1, 0.15) is 42.6 Å². The lowest BCUT2D eigenvalue weighted by Gasteiger charge is -2.22. The number of rotatable bonds is 10. The zero-order valence-electron chi connectivity index (χ0n) is 20.9. The van der Waals surface area contributed by atoms with Gasteiger partial charge in [-0.25, -0.2) is 4.68 Å². The van der Waals surface area contributed by atoms with Crippen molar-refractivity contribution in [3.05, 3.63) is 102 Å². The van der Waals surface area contributed by atoms with E-state index in [0.717, 1.165) is 36.2 Å². The first-order chi connectivity index (χ1) is 17.6. The maximum atomic E-state index is 13.2. The fourth-order valence-corrected chi connectivity index (χ4v) is 4.01. The molecular formula is C30H32N4O2. The maximum absolute atomic E-state index is 13.2. The van der Waals surface area contributed by atoms with Crippen molar-refractivity contribution < 1.29 is 9.59 Å². The number of benzene rings is 3. The van der Waals surface area contributed by atoms with E-state index in [9.17, 15) is 9.59 Å². The first-order valence-corrected chi connectivity index (χ1v) is 12.5. The monoisotopic (exact) mass is 480 g/mol. The summed E-state index contributed by atoms with van der Waals surface area (Å²) in [5.41, 5.74) is 4.32. The number of nitrogens with one attached hydrogen (secondary N) is 1. The number of aryl methyl sites for hydroxylation is 1. The number of unbranched alkanes of at least 4 members (excludes halogenated alkanes) is 1. The van der Waals surface area contributed by atoms with Crippen molar-refractivity contribution in [3.8, 4) is 16.9 Å². The largest absolute Gasteiger partial charge is 0.329 e. The lowest BCUT2D eigenvalue weighted by Crippen LogP contribution is -2.39. The van der Waals surface area contributed by atoms with Crippen molar-refractivity contribution in [2.75, 3.05) is 18.4 Å². The van der Waals surface area contributed by atoms with Gasteiger partial charge in [-0.3, -0.25) is 9.59 Å². The van der Waals surface area contributed by atoms with Crippen LogP contribution in [0.2, 0.25) is 0 Å². The van der Waals surface area contributed by atoms with Crippen molar-refractivity contribution in [3.63, 3.8) is 0 Å². The molecule has 0 atom stereocenters. The third-order valence-electron chi connectivity index (χ3n) is 6.06. The number of amides is 2. The minimum Gasteiger partial charge on any atom is -0.329 e. The fraction of sp³-hybridized carbons (Fsp3) is 0.233. The Kier molecular flexibility index (Phi) is 8.29. The van der Waals surface area contributed by atoms with E-state index in [-0.39, 0.29) is 18.4 Å². The summed E-state index contributed by atoms with van der Waals surface area (Å²) >= 11 is 0. The van der Waals surface area contributed by atoms with Gasteiger partial charge in [0.15, 0.2) is 0 Å². The zero-order chi connectivity index (χ0) is 25.3. The van der Waals surface area contributed by atoms with Crippen molar-refractivity contribution in [1.82, 2.24) is 14.7 Å². The predicted molar refractivity (Wildman–Crippen MR) is 144 cm³/mol. The Labute approximate surface area is 212 Å². The number of para-hydroxylation sites is 1. The SMILES string of the molecule is CCCCN(CC(=O)Nc1cc(-c2ccccc2)nn1-c1ccccc1)C(=O)c1ccc(CC)cc1. The Balaban J connectivity index is 1.57. The highest BCUT2D eigenvalue weighted by atomic mass is 16.2. The summed E-state index contributed by atoms with van der Waals surface area (Å²) in [5.74, 6) is 0.157. The van der Waals surface area contributed by atoms with Crippen molar-refractivity contribution in [1.29, 1.82) is 0 Å². The van der Waals surface area contributed by atoms with Gasteiger partial charge in [0.2, 0.25) is 5.91 Å². The lowest BCUT2D eigenvalue weighted by atomic mass is 10.1. The van der Waals surface area contributed by atoms with Gasteiger partial charge >= 0.3 is 0 Å². The van der Waals surface area contributed by atoms with Crippen LogP contribution in [0.4, 0.5) is 5.82 Å². The second kappa shape index (κ2) is 12.0. The molecule has 0 fully saturated rings. The van der Waals surface area contributed by atoms with E-state index in [1.165, 1.54) is 5.56 Å². The van der Waals surface area contributed by atoms with Gasteiger partial charge in [0.25, 0.3) is 5.91 Å². The standard InChI is InChI=1S/C30H32N4O2/c1-3-5-20-33(30(36)25-18-16-23(4-2)17-19-25)22-29(35)31-28-21-27(24-12-8-6-9-13-24)32-34(28)26-14-10-7-11-15-26/h6-19,21H,3-5,20,22H2,1-2H3,(H,31,35). The summed E-state index contributed by atoms with van der Waals surface area (Å²) < 4.78 is 1.72. The van der Waals surface area contributed by atoms with Crippen LogP contribution in [-0.4, -0.2) is 39.6 Å². The fourth-order valence-electron chi connectivity index (χ4n) is 4.01. The third-order valence-corrected chi connectivity index (χ3v) is 6.06. The summed E-state index contributed by atoms with van der Waals surface area (Å²) in [6.07, 6.45) is 2.67. The number of hydrogen-bond acceptors (Lipinski definition) is 3. The maximum Gasteiger partial charge on any atom is 0.254 e. The number of anilines is 1.